The van der Waals surface area contributed by atoms with Gasteiger partial charge in [0.2, 0.25) is 0 Å². The largest absolute Gasteiger partial charge is 0.334 e. The van der Waals surface area contributed by atoms with Crippen molar-refractivity contribution in [2.75, 3.05) is 7.05 Å². The maximum Gasteiger partial charge on any atom is 0.300 e. The first kappa shape index (κ1) is 14.9. The normalized spacial score (nSPS) is 10.4. The quantitative estimate of drug-likeness (QED) is 0.517. The molecule has 0 atom stereocenters. The summed E-state index contributed by atoms with van der Waals surface area (Å²) in [5.41, 5.74) is -0.530. The van der Waals surface area contributed by atoms with E-state index in [0.717, 1.165) is 6.20 Å². The van der Waals surface area contributed by atoms with Gasteiger partial charge in [0.15, 0.2) is 5.82 Å². The number of aromatic nitrogens is 4. The number of halogens is 1. The first-order valence-electron chi connectivity index (χ1n) is 5.81. The lowest BCUT2D eigenvalue weighted by atomic mass is 10.2. The van der Waals surface area contributed by atoms with E-state index in [2.05, 4.69) is 20.2 Å². The molecule has 0 radical (unpaired) electrons. The zero-order chi connectivity index (χ0) is 15.6. The summed E-state index contributed by atoms with van der Waals surface area (Å²) in [5.74, 6) is 0.461. The molecule has 0 fully saturated rings. The number of carbonyl (C=O) groups is 1. The SMILES string of the molecule is Cc1nc(CN(C)C(=O)c2cc(Cl)ncc2[N+](=O)[O-])n[nH]1. The minimum absolute atomic E-state index is 0.00564. The summed E-state index contributed by atoms with van der Waals surface area (Å²) in [4.78, 5) is 31.5. The van der Waals surface area contributed by atoms with Gasteiger partial charge in [-0.15, -0.1) is 0 Å². The maximum atomic E-state index is 12.3. The van der Waals surface area contributed by atoms with Gasteiger partial charge in [-0.25, -0.2) is 9.97 Å². The fourth-order valence-corrected chi connectivity index (χ4v) is 1.85. The van der Waals surface area contributed by atoms with Crippen molar-refractivity contribution in [1.29, 1.82) is 0 Å². The van der Waals surface area contributed by atoms with Gasteiger partial charge in [-0.3, -0.25) is 20.0 Å². The van der Waals surface area contributed by atoms with Gasteiger partial charge in [-0.05, 0) is 13.0 Å². The van der Waals surface area contributed by atoms with Crippen LogP contribution in [-0.2, 0) is 6.54 Å². The molecule has 0 aliphatic carbocycles. The number of carbonyl (C=O) groups excluding carboxylic acids is 1. The number of aryl methyl sites for hydroxylation is 1. The highest BCUT2D eigenvalue weighted by Gasteiger charge is 2.24. The number of rotatable bonds is 4. The molecule has 0 bridgehead atoms. The van der Waals surface area contributed by atoms with Crippen LogP contribution in [0.25, 0.3) is 0 Å². The summed E-state index contributed by atoms with van der Waals surface area (Å²) in [5, 5.41) is 17.5. The highest BCUT2D eigenvalue weighted by molar-refractivity contribution is 6.29. The van der Waals surface area contributed by atoms with Gasteiger partial charge in [0, 0.05) is 7.05 Å². The number of pyridine rings is 1. The highest BCUT2D eigenvalue weighted by Crippen LogP contribution is 2.22. The summed E-state index contributed by atoms with van der Waals surface area (Å²) >= 11 is 5.70. The van der Waals surface area contributed by atoms with Crippen LogP contribution >= 0.6 is 11.6 Å². The van der Waals surface area contributed by atoms with Crippen molar-refractivity contribution < 1.29 is 9.72 Å². The van der Waals surface area contributed by atoms with Gasteiger partial charge in [0.25, 0.3) is 11.6 Å². The number of hydrogen-bond donors (Lipinski definition) is 1. The van der Waals surface area contributed by atoms with Crippen LogP contribution in [0.3, 0.4) is 0 Å². The minimum Gasteiger partial charge on any atom is -0.334 e. The van der Waals surface area contributed by atoms with E-state index in [4.69, 9.17) is 11.6 Å². The van der Waals surface area contributed by atoms with E-state index in [1.54, 1.807) is 6.92 Å². The van der Waals surface area contributed by atoms with Crippen molar-refractivity contribution in [2.24, 2.45) is 0 Å². The van der Waals surface area contributed by atoms with E-state index < -0.39 is 16.5 Å². The molecule has 10 heteroatoms. The Balaban J connectivity index is 2.26. The zero-order valence-electron chi connectivity index (χ0n) is 11.2. The summed E-state index contributed by atoms with van der Waals surface area (Å²) in [6, 6.07) is 1.17. The number of aromatic amines is 1. The van der Waals surface area contributed by atoms with Crippen molar-refractivity contribution in [3.63, 3.8) is 0 Å². The Morgan fingerprint density at radius 2 is 2.29 bits per heavy atom. The Morgan fingerprint density at radius 1 is 1.57 bits per heavy atom. The molecule has 21 heavy (non-hydrogen) atoms. The fourth-order valence-electron chi connectivity index (χ4n) is 1.69. The Labute approximate surface area is 124 Å². The van der Waals surface area contributed by atoms with Crippen molar-refractivity contribution in [2.45, 2.75) is 13.5 Å². The van der Waals surface area contributed by atoms with E-state index in [0.29, 0.717) is 11.6 Å². The second kappa shape index (κ2) is 5.83. The molecule has 2 heterocycles. The molecule has 0 spiro atoms. The maximum absolute atomic E-state index is 12.3. The van der Waals surface area contributed by atoms with Crippen LogP contribution in [0.1, 0.15) is 22.0 Å². The van der Waals surface area contributed by atoms with Crippen LogP contribution in [0.5, 0.6) is 0 Å². The molecule has 0 aromatic carbocycles. The molecular weight excluding hydrogens is 300 g/mol. The third kappa shape index (κ3) is 3.31. The summed E-state index contributed by atoms with van der Waals surface area (Å²) in [6.07, 6.45) is 0.959. The molecular formula is C11H11ClN6O3. The van der Waals surface area contributed by atoms with E-state index >= 15 is 0 Å². The predicted molar refractivity (Wildman–Crippen MR) is 72.8 cm³/mol. The molecule has 9 nitrogen and oxygen atoms in total. The molecule has 1 N–H and O–H groups in total. The molecule has 2 rings (SSSR count). The van der Waals surface area contributed by atoms with Crippen LogP contribution < -0.4 is 0 Å². The predicted octanol–water partition coefficient (Wildman–Crippen LogP) is 1.34. The van der Waals surface area contributed by atoms with Gasteiger partial charge < -0.3 is 4.90 Å². The molecule has 2 aromatic rings. The van der Waals surface area contributed by atoms with Crippen molar-refractivity contribution in [1.82, 2.24) is 25.1 Å². The van der Waals surface area contributed by atoms with Crippen molar-refractivity contribution >= 4 is 23.2 Å². The molecule has 0 aliphatic rings. The van der Waals surface area contributed by atoms with Gasteiger partial charge in [-0.1, -0.05) is 11.6 Å². The van der Waals surface area contributed by atoms with Crippen LogP contribution in [0.4, 0.5) is 5.69 Å². The van der Waals surface area contributed by atoms with Crippen LogP contribution in [-0.4, -0.2) is 42.9 Å². The number of nitro groups is 1. The van der Waals surface area contributed by atoms with E-state index in [-0.39, 0.29) is 17.3 Å². The van der Waals surface area contributed by atoms with E-state index in [1.165, 1.54) is 18.0 Å². The minimum atomic E-state index is -0.679. The van der Waals surface area contributed by atoms with Crippen LogP contribution in [0.15, 0.2) is 12.3 Å². The number of hydrogen-bond acceptors (Lipinski definition) is 6. The lowest BCUT2D eigenvalue weighted by Crippen LogP contribution is -2.27. The summed E-state index contributed by atoms with van der Waals surface area (Å²) < 4.78 is 0. The second-order valence-corrected chi connectivity index (χ2v) is 4.67. The number of nitrogens with one attached hydrogen (secondary N) is 1. The molecule has 0 saturated heterocycles. The number of nitrogens with zero attached hydrogens (tertiary/aromatic N) is 5. The molecule has 0 aliphatic heterocycles. The third-order valence-corrected chi connectivity index (χ3v) is 2.85. The first-order valence-corrected chi connectivity index (χ1v) is 6.19. The topological polar surface area (TPSA) is 118 Å². The average Bonchev–Trinajstić information content (AvgIpc) is 2.82. The second-order valence-electron chi connectivity index (χ2n) is 4.28. The molecule has 1 amide bonds. The zero-order valence-corrected chi connectivity index (χ0v) is 12.0. The molecule has 110 valence electrons. The Kier molecular flexibility index (Phi) is 4.13. The Hall–Kier alpha value is -2.55. The lowest BCUT2D eigenvalue weighted by molar-refractivity contribution is -0.385. The fraction of sp³-hybridized carbons (Fsp3) is 0.273. The first-order chi connectivity index (χ1) is 9.88. The number of H-pyrrole nitrogens is 1. The molecule has 0 unspecified atom stereocenters. The van der Waals surface area contributed by atoms with Gasteiger partial charge in [0.05, 0.1) is 11.5 Å². The molecule has 0 saturated carbocycles. The van der Waals surface area contributed by atoms with Gasteiger partial charge in [-0.2, -0.15) is 5.10 Å². The average molecular weight is 311 g/mol. The van der Waals surface area contributed by atoms with E-state index in [9.17, 15) is 14.9 Å². The molecule has 2 aromatic heterocycles. The standard InChI is InChI=1S/C11H11ClN6O3/c1-6-14-10(16-15-6)5-17(2)11(19)7-3-9(12)13-4-8(7)18(20)21/h3-4H,5H2,1-2H3,(H,14,15,16). The summed E-state index contributed by atoms with van der Waals surface area (Å²) in [7, 11) is 1.49. The van der Waals surface area contributed by atoms with Gasteiger partial charge >= 0.3 is 0 Å². The van der Waals surface area contributed by atoms with Crippen LogP contribution in [0.2, 0.25) is 5.15 Å². The Morgan fingerprint density at radius 3 is 2.86 bits per heavy atom. The highest BCUT2D eigenvalue weighted by atomic mass is 35.5. The monoisotopic (exact) mass is 310 g/mol. The van der Waals surface area contributed by atoms with Crippen LogP contribution in [0, 0.1) is 17.0 Å². The van der Waals surface area contributed by atoms with Gasteiger partial charge in [0.1, 0.15) is 22.7 Å². The smallest absolute Gasteiger partial charge is 0.300 e. The third-order valence-electron chi connectivity index (χ3n) is 2.65. The van der Waals surface area contributed by atoms with Crippen molar-refractivity contribution in [3.8, 4) is 0 Å². The van der Waals surface area contributed by atoms with Crippen molar-refractivity contribution in [3.05, 3.63) is 44.7 Å². The summed E-state index contributed by atoms with van der Waals surface area (Å²) in [6.45, 7) is 1.84. The number of amides is 1. The van der Waals surface area contributed by atoms with E-state index in [1.807, 2.05) is 0 Å². The Bertz CT molecular complexity index is 701. The lowest BCUT2D eigenvalue weighted by Gasteiger charge is -2.15.